The fourth-order valence-electron chi connectivity index (χ4n) is 3.09. The van der Waals surface area contributed by atoms with Gasteiger partial charge < -0.3 is 20.5 Å². The predicted molar refractivity (Wildman–Crippen MR) is 92.1 cm³/mol. The number of aliphatic hydroxyl groups excluding tert-OH is 1. The molecule has 5 nitrogen and oxygen atoms in total. The molecule has 2 atom stereocenters. The van der Waals surface area contributed by atoms with E-state index in [1.54, 1.807) is 7.11 Å². The third-order valence-corrected chi connectivity index (χ3v) is 4.32. The zero-order valence-electron chi connectivity index (χ0n) is 13.7. The normalized spacial score (nSPS) is 18.8. The summed E-state index contributed by atoms with van der Waals surface area (Å²) in [5.41, 5.74) is 3.18. The smallest absolute Gasteiger partial charge is 0.315 e. The Morgan fingerprint density at radius 1 is 1.25 bits per heavy atom. The van der Waals surface area contributed by atoms with Crippen LogP contribution >= 0.6 is 0 Å². The Labute approximate surface area is 141 Å². The molecule has 0 bridgehead atoms. The highest BCUT2D eigenvalue weighted by atomic mass is 16.5. The molecule has 2 unspecified atom stereocenters. The van der Waals surface area contributed by atoms with Crippen molar-refractivity contribution in [2.75, 3.05) is 13.7 Å². The van der Waals surface area contributed by atoms with E-state index in [9.17, 15) is 9.90 Å². The van der Waals surface area contributed by atoms with Gasteiger partial charge in [0.05, 0.1) is 19.3 Å². The predicted octanol–water partition coefficient (Wildman–Crippen LogP) is 2.20. The van der Waals surface area contributed by atoms with Gasteiger partial charge in [-0.1, -0.05) is 36.4 Å². The van der Waals surface area contributed by atoms with Gasteiger partial charge in [0.25, 0.3) is 0 Å². The van der Waals surface area contributed by atoms with Gasteiger partial charge >= 0.3 is 6.03 Å². The van der Waals surface area contributed by atoms with Crippen molar-refractivity contribution in [2.24, 2.45) is 0 Å². The lowest BCUT2D eigenvalue weighted by Gasteiger charge is -2.18. The SMILES string of the molecule is COc1cccc(CCNC(=O)NC2c3ccccc3CC2O)c1. The Balaban J connectivity index is 1.51. The number of aliphatic hydroxyl groups is 1. The molecule has 0 radical (unpaired) electrons. The third kappa shape index (κ3) is 3.68. The van der Waals surface area contributed by atoms with Gasteiger partial charge in [-0.15, -0.1) is 0 Å². The number of rotatable bonds is 5. The molecule has 0 saturated carbocycles. The average molecular weight is 326 g/mol. The van der Waals surface area contributed by atoms with Crippen molar-refractivity contribution in [3.8, 4) is 5.75 Å². The number of fused-ring (bicyclic) bond motifs is 1. The topological polar surface area (TPSA) is 70.6 Å². The molecule has 1 aliphatic carbocycles. The highest BCUT2D eigenvalue weighted by Crippen LogP contribution is 2.30. The van der Waals surface area contributed by atoms with E-state index in [4.69, 9.17) is 4.74 Å². The number of benzene rings is 2. The lowest BCUT2D eigenvalue weighted by Crippen LogP contribution is -2.41. The molecule has 0 spiro atoms. The quantitative estimate of drug-likeness (QED) is 0.789. The average Bonchev–Trinajstić information content (AvgIpc) is 2.91. The summed E-state index contributed by atoms with van der Waals surface area (Å²) in [5.74, 6) is 0.808. The Kier molecular flexibility index (Phi) is 5.01. The minimum Gasteiger partial charge on any atom is -0.497 e. The van der Waals surface area contributed by atoms with Crippen LogP contribution in [0.25, 0.3) is 0 Å². The summed E-state index contributed by atoms with van der Waals surface area (Å²) in [5, 5.41) is 15.9. The Bertz CT molecular complexity index is 717. The van der Waals surface area contributed by atoms with E-state index in [-0.39, 0.29) is 12.1 Å². The number of ether oxygens (including phenoxy) is 1. The standard InChI is InChI=1S/C19H22N2O3/c1-24-15-7-4-5-13(11-15)9-10-20-19(23)21-18-16-8-3-2-6-14(16)12-17(18)22/h2-8,11,17-18,22H,9-10,12H2,1H3,(H2,20,21,23). The van der Waals surface area contributed by atoms with E-state index in [2.05, 4.69) is 10.6 Å². The molecule has 126 valence electrons. The fraction of sp³-hybridized carbons (Fsp3) is 0.316. The summed E-state index contributed by atoms with van der Waals surface area (Å²) in [7, 11) is 1.63. The first-order valence-corrected chi connectivity index (χ1v) is 8.10. The number of methoxy groups -OCH3 is 1. The van der Waals surface area contributed by atoms with Crippen molar-refractivity contribution in [1.29, 1.82) is 0 Å². The van der Waals surface area contributed by atoms with Crippen LogP contribution < -0.4 is 15.4 Å². The summed E-state index contributed by atoms with van der Waals surface area (Å²) in [6, 6.07) is 15.0. The van der Waals surface area contributed by atoms with Crippen molar-refractivity contribution in [1.82, 2.24) is 10.6 Å². The summed E-state index contributed by atoms with van der Waals surface area (Å²) >= 11 is 0. The number of urea groups is 1. The molecule has 0 saturated heterocycles. The highest BCUT2D eigenvalue weighted by molar-refractivity contribution is 5.74. The lowest BCUT2D eigenvalue weighted by molar-refractivity contribution is 0.142. The van der Waals surface area contributed by atoms with Crippen molar-refractivity contribution in [3.63, 3.8) is 0 Å². The number of carbonyl (C=O) groups excluding carboxylic acids is 1. The Hall–Kier alpha value is -2.53. The second-order valence-electron chi connectivity index (χ2n) is 5.95. The molecule has 2 aromatic rings. The van der Waals surface area contributed by atoms with Gasteiger partial charge in [-0.3, -0.25) is 0 Å². The molecule has 0 fully saturated rings. The molecule has 3 rings (SSSR count). The van der Waals surface area contributed by atoms with Crippen LogP contribution in [0.5, 0.6) is 5.75 Å². The molecule has 0 aliphatic heterocycles. The maximum atomic E-state index is 12.1. The van der Waals surface area contributed by atoms with Gasteiger partial charge in [-0.25, -0.2) is 4.79 Å². The second kappa shape index (κ2) is 7.36. The minimum absolute atomic E-state index is 0.265. The summed E-state index contributed by atoms with van der Waals surface area (Å²) < 4.78 is 5.19. The maximum Gasteiger partial charge on any atom is 0.315 e. The van der Waals surface area contributed by atoms with Crippen LogP contribution in [0.3, 0.4) is 0 Å². The molecule has 1 aliphatic rings. The fourth-order valence-corrected chi connectivity index (χ4v) is 3.09. The van der Waals surface area contributed by atoms with E-state index in [0.717, 1.165) is 22.4 Å². The van der Waals surface area contributed by atoms with Crippen molar-refractivity contribution < 1.29 is 14.6 Å². The second-order valence-corrected chi connectivity index (χ2v) is 5.95. The number of nitrogens with one attached hydrogen (secondary N) is 2. The van der Waals surface area contributed by atoms with Gasteiger partial charge in [0, 0.05) is 13.0 Å². The minimum atomic E-state index is -0.577. The third-order valence-electron chi connectivity index (χ3n) is 4.32. The monoisotopic (exact) mass is 326 g/mol. The van der Waals surface area contributed by atoms with E-state index in [1.807, 2.05) is 48.5 Å². The largest absolute Gasteiger partial charge is 0.497 e. The van der Waals surface area contributed by atoms with Crippen LogP contribution in [0.2, 0.25) is 0 Å². The molecule has 5 heteroatoms. The van der Waals surface area contributed by atoms with Crippen molar-refractivity contribution in [2.45, 2.75) is 25.0 Å². The van der Waals surface area contributed by atoms with Crippen molar-refractivity contribution in [3.05, 3.63) is 65.2 Å². The van der Waals surface area contributed by atoms with Gasteiger partial charge in [0.1, 0.15) is 5.75 Å². The van der Waals surface area contributed by atoms with Gasteiger partial charge in [-0.2, -0.15) is 0 Å². The maximum absolute atomic E-state index is 12.1. The number of hydrogen-bond donors (Lipinski definition) is 3. The highest BCUT2D eigenvalue weighted by Gasteiger charge is 2.31. The van der Waals surface area contributed by atoms with Crippen LogP contribution in [0, 0.1) is 0 Å². The summed E-state index contributed by atoms with van der Waals surface area (Å²) in [6.07, 6.45) is 0.714. The van der Waals surface area contributed by atoms with E-state index >= 15 is 0 Å². The van der Waals surface area contributed by atoms with Crippen LogP contribution in [-0.4, -0.2) is 30.9 Å². The zero-order chi connectivity index (χ0) is 16.9. The number of amides is 2. The van der Waals surface area contributed by atoms with Gasteiger partial charge in [0.2, 0.25) is 0 Å². The Morgan fingerprint density at radius 2 is 2.08 bits per heavy atom. The van der Waals surface area contributed by atoms with Crippen LogP contribution in [0.15, 0.2) is 48.5 Å². The molecule has 0 heterocycles. The van der Waals surface area contributed by atoms with E-state index in [1.165, 1.54) is 0 Å². The molecular formula is C19H22N2O3. The lowest BCUT2D eigenvalue weighted by atomic mass is 10.1. The first-order valence-electron chi connectivity index (χ1n) is 8.10. The number of hydrogen-bond acceptors (Lipinski definition) is 3. The van der Waals surface area contributed by atoms with E-state index < -0.39 is 6.10 Å². The Morgan fingerprint density at radius 3 is 2.92 bits per heavy atom. The van der Waals surface area contributed by atoms with E-state index in [0.29, 0.717) is 19.4 Å². The number of carbonyl (C=O) groups is 1. The first kappa shape index (κ1) is 16.3. The van der Waals surface area contributed by atoms with Crippen LogP contribution in [0.4, 0.5) is 4.79 Å². The summed E-state index contributed by atoms with van der Waals surface area (Å²) in [6.45, 7) is 0.517. The first-order chi connectivity index (χ1) is 11.7. The molecular weight excluding hydrogens is 304 g/mol. The summed E-state index contributed by atoms with van der Waals surface area (Å²) in [4.78, 5) is 12.1. The van der Waals surface area contributed by atoms with Gasteiger partial charge in [0.15, 0.2) is 0 Å². The molecule has 0 aromatic heterocycles. The van der Waals surface area contributed by atoms with Gasteiger partial charge in [-0.05, 0) is 35.2 Å². The molecule has 2 aromatic carbocycles. The molecule has 3 N–H and O–H groups in total. The molecule has 24 heavy (non-hydrogen) atoms. The zero-order valence-corrected chi connectivity index (χ0v) is 13.7. The van der Waals surface area contributed by atoms with Crippen LogP contribution in [-0.2, 0) is 12.8 Å². The molecule has 2 amide bonds. The van der Waals surface area contributed by atoms with Crippen molar-refractivity contribution >= 4 is 6.03 Å². The van der Waals surface area contributed by atoms with Crippen LogP contribution in [0.1, 0.15) is 22.7 Å².